The van der Waals surface area contributed by atoms with Crippen LogP contribution in [0.3, 0.4) is 0 Å². The van der Waals surface area contributed by atoms with Crippen molar-refractivity contribution in [2.75, 3.05) is 0 Å². The van der Waals surface area contributed by atoms with Crippen molar-refractivity contribution in [2.24, 2.45) is 0 Å². The Morgan fingerprint density at radius 1 is 1.29 bits per heavy atom. The number of hydrogen-bond acceptors (Lipinski definition) is 4. The van der Waals surface area contributed by atoms with Crippen molar-refractivity contribution in [3.63, 3.8) is 0 Å². The van der Waals surface area contributed by atoms with E-state index in [-0.39, 0.29) is 29.9 Å². The first-order valence-electron chi connectivity index (χ1n) is 7.74. The predicted molar refractivity (Wildman–Crippen MR) is 83.1 cm³/mol. The third-order valence-electron chi connectivity index (χ3n) is 4.51. The molecule has 0 spiro atoms. The monoisotopic (exact) mass is 306 g/mol. The fraction of sp³-hybridized carbons (Fsp3) is 0.625. The largest absolute Gasteiger partial charge is 0.298 e. The minimum Gasteiger partial charge on any atom is -0.298 e. The maximum absolute atomic E-state index is 12.5. The van der Waals surface area contributed by atoms with Gasteiger partial charge in [-0.05, 0) is 38.8 Å². The summed E-state index contributed by atoms with van der Waals surface area (Å²) in [7, 11) is 0. The van der Waals surface area contributed by atoms with E-state index in [0.717, 1.165) is 25.7 Å². The van der Waals surface area contributed by atoms with Crippen molar-refractivity contribution in [1.82, 2.24) is 10.2 Å². The summed E-state index contributed by atoms with van der Waals surface area (Å²) in [6.45, 7) is 4.13. The van der Waals surface area contributed by atoms with Crippen LogP contribution in [0.15, 0.2) is 12.1 Å². The predicted octanol–water partition coefficient (Wildman–Crippen LogP) is 2.78. The van der Waals surface area contributed by atoms with Gasteiger partial charge in [-0.1, -0.05) is 12.8 Å². The molecule has 21 heavy (non-hydrogen) atoms. The van der Waals surface area contributed by atoms with E-state index in [4.69, 9.17) is 0 Å². The molecule has 2 fully saturated rings. The lowest BCUT2D eigenvalue weighted by Gasteiger charge is -2.23. The van der Waals surface area contributed by atoms with Gasteiger partial charge in [0.05, 0.1) is 12.5 Å². The van der Waals surface area contributed by atoms with Gasteiger partial charge in [0.2, 0.25) is 11.8 Å². The number of rotatable bonds is 4. The fourth-order valence-corrected chi connectivity index (χ4v) is 4.29. The summed E-state index contributed by atoms with van der Waals surface area (Å²) in [5.74, 6) is -0.0222. The fourth-order valence-electron chi connectivity index (χ4n) is 3.40. The average molecular weight is 306 g/mol. The van der Waals surface area contributed by atoms with Crippen molar-refractivity contribution in [3.05, 3.63) is 21.9 Å². The lowest BCUT2D eigenvalue weighted by Crippen LogP contribution is -2.43. The molecule has 0 radical (unpaired) electrons. The molecule has 2 atom stereocenters. The Kier molecular flexibility index (Phi) is 4.13. The standard InChI is InChI=1S/C16H22N2O2S/c1-10-7-8-14(21-10)11(2)17-13-9-15(19)18(16(13)20)12-5-3-4-6-12/h7-8,11-13,17H,3-6,9H2,1-2H3. The van der Waals surface area contributed by atoms with Crippen LogP contribution in [-0.4, -0.2) is 28.8 Å². The third-order valence-corrected chi connectivity index (χ3v) is 5.70. The number of hydrogen-bond donors (Lipinski definition) is 1. The molecule has 2 heterocycles. The second kappa shape index (κ2) is 5.89. The zero-order valence-corrected chi connectivity index (χ0v) is 13.4. The number of aryl methyl sites for hydroxylation is 1. The Hall–Kier alpha value is -1.20. The molecule has 1 saturated heterocycles. The first-order chi connectivity index (χ1) is 10.1. The van der Waals surface area contributed by atoms with Crippen LogP contribution in [0.25, 0.3) is 0 Å². The van der Waals surface area contributed by atoms with Crippen LogP contribution in [0.5, 0.6) is 0 Å². The van der Waals surface area contributed by atoms with E-state index in [1.165, 1.54) is 14.7 Å². The SMILES string of the molecule is Cc1ccc(C(C)NC2CC(=O)N(C3CCCC3)C2=O)s1. The van der Waals surface area contributed by atoms with Crippen molar-refractivity contribution in [1.29, 1.82) is 0 Å². The molecule has 1 aromatic rings. The first-order valence-corrected chi connectivity index (χ1v) is 8.56. The molecule has 1 aliphatic heterocycles. The number of likely N-dealkylation sites (tertiary alicyclic amines) is 1. The summed E-state index contributed by atoms with van der Waals surface area (Å²) in [6.07, 6.45) is 4.52. The minimum absolute atomic E-state index is 0.000963. The van der Waals surface area contributed by atoms with Gasteiger partial charge in [-0.2, -0.15) is 0 Å². The number of nitrogens with one attached hydrogen (secondary N) is 1. The molecule has 2 amide bonds. The summed E-state index contributed by atoms with van der Waals surface area (Å²) in [4.78, 5) is 28.7. The van der Waals surface area contributed by atoms with Crippen molar-refractivity contribution < 1.29 is 9.59 Å². The molecule has 1 aliphatic carbocycles. The van der Waals surface area contributed by atoms with E-state index in [1.54, 1.807) is 11.3 Å². The molecule has 3 rings (SSSR count). The molecule has 2 aliphatic rings. The van der Waals surface area contributed by atoms with Gasteiger partial charge in [-0.25, -0.2) is 0 Å². The third kappa shape index (κ3) is 2.90. The maximum Gasteiger partial charge on any atom is 0.247 e. The number of imide groups is 1. The van der Waals surface area contributed by atoms with Gasteiger partial charge in [0.1, 0.15) is 0 Å². The molecular formula is C16H22N2O2S. The Morgan fingerprint density at radius 3 is 2.62 bits per heavy atom. The molecule has 2 unspecified atom stereocenters. The highest BCUT2D eigenvalue weighted by atomic mass is 32.1. The Balaban J connectivity index is 1.66. The molecule has 5 heteroatoms. The molecule has 0 aromatic carbocycles. The van der Waals surface area contributed by atoms with Gasteiger partial charge in [0.25, 0.3) is 0 Å². The number of carbonyl (C=O) groups is 2. The van der Waals surface area contributed by atoms with Crippen molar-refractivity contribution >= 4 is 23.2 Å². The van der Waals surface area contributed by atoms with Crippen molar-refractivity contribution in [2.45, 2.75) is 64.1 Å². The molecule has 114 valence electrons. The molecule has 4 nitrogen and oxygen atoms in total. The van der Waals surface area contributed by atoms with Gasteiger partial charge in [-0.3, -0.25) is 19.8 Å². The Morgan fingerprint density at radius 2 is 2.00 bits per heavy atom. The van der Waals surface area contributed by atoms with Gasteiger partial charge in [-0.15, -0.1) is 11.3 Å². The van der Waals surface area contributed by atoms with Crippen LogP contribution in [0.2, 0.25) is 0 Å². The Labute approximate surface area is 129 Å². The van der Waals surface area contributed by atoms with E-state index in [9.17, 15) is 9.59 Å². The smallest absolute Gasteiger partial charge is 0.247 e. The molecule has 1 aromatic heterocycles. The number of amides is 2. The average Bonchev–Trinajstić information content (AvgIpc) is 3.13. The second-order valence-electron chi connectivity index (χ2n) is 6.13. The topological polar surface area (TPSA) is 49.4 Å². The summed E-state index contributed by atoms with van der Waals surface area (Å²) in [6, 6.07) is 4.08. The van der Waals surface area contributed by atoms with E-state index < -0.39 is 0 Å². The van der Waals surface area contributed by atoms with Gasteiger partial charge < -0.3 is 0 Å². The van der Waals surface area contributed by atoms with Crippen LogP contribution in [0.1, 0.15) is 54.8 Å². The lowest BCUT2D eigenvalue weighted by molar-refractivity contribution is -0.141. The van der Waals surface area contributed by atoms with E-state index in [1.807, 2.05) is 0 Å². The van der Waals surface area contributed by atoms with E-state index in [2.05, 4.69) is 31.3 Å². The number of thiophene rings is 1. The minimum atomic E-state index is -0.351. The maximum atomic E-state index is 12.5. The first kappa shape index (κ1) is 14.7. The number of carbonyl (C=O) groups excluding carboxylic acids is 2. The second-order valence-corrected chi connectivity index (χ2v) is 7.45. The quantitative estimate of drug-likeness (QED) is 0.870. The van der Waals surface area contributed by atoms with Gasteiger partial charge in [0, 0.05) is 21.8 Å². The van der Waals surface area contributed by atoms with E-state index in [0.29, 0.717) is 6.42 Å². The highest BCUT2D eigenvalue weighted by Crippen LogP contribution is 2.29. The zero-order chi connectivity index (χ0) is 15.0. The number of nitrogens with zero attached hydrogens (tertiary/aromatic N) is 1. The van der Waals surface area contributed by atoms with Crippen molar-refractivity contribution in [3.8, 4) is 0 Å². The normalized spacial score (nSPS) is 25.0. The van der Waals surface area contributed by atoms with E-state index >= 15 is 0 Å². The van der Waals surface area contributed by atoms with Gasteiger partial charge in [0.15, 0.2) is 0 Å². The van der Waals surface area contributed by atoms with Crippen LogP contribution in [-0.2, 0) is 9.59 Å². The lowest BCUT2D eigenvalue weighted by atomic mass is 10.2. The van der Waals surface area contributed by atoms with Crippen LogP contribution < -0.4 is 5.32 Å². The molecular weight excluding hydrogens is 284 g/mol. The summed E-state index contributed by atoms with van der Waals surface area (Å²) in [5, 5.41) is 3.34. The van der Waals surface area contributed by atoms with Gasteiger partial charge >= 0.3 is 0 Å². The summed E-state index contributed by atoms with van der Waals surface area (Å²) >= 11 is 1.74. The summed E-state index contributed by atoms with van der Waals surface area (Å²) in [5.41, 5.74) is 0. The summed E-state index contributed by atoms with van der Waals surface area (Å²) < 4.78 is 0. The van der Waals surface area contributed by atoms with Crippen LogP contribution in [0.4, 0.5) is 0 Å². The molecule has 0 bridgehead atoms. The Bertz CT molecular complexity index is 548. The molecule has 1 saturated carbocycles. The van der Waals surface area contributed by atoms with Crippen LogP contribution in [0, 0.1) is 6.92 Å². The molecule has 1 N–H and O–H groups in total. The van der Waals surface area contributed by atoms with Crippen LogP contribution >= 0.6 is 11.3 Å². The highest BCUT2D eigenvalue weighted by Gasteiger charge is 2.43. The highest BCUT2D eigenvalue weighted by molar-refractivity contribution is 7.12. The zero-order valence-electron chi connectivity index (χ0n) is 12.6.